The van der Waals surface area contributed by atoms with Gasteiger partial charge in [0.05, 0.1) is 0 Å². The van der Waals surface area contributed by atoms with Gasteiger partial charge in [0.25, 0.3) is 0 Å². The van der Waals surface area contributed by atoms with Gasteiger partial charge in [-0.1, -0.05) is 18.2 Å². The fourth-order valence-electron chi connectivity index (χ4n) is 0.439. The van der Waals surface area contributed by atoms with E-state index in [9.17, 15) is 4.79 Å². The van der Waals surface area contributed by atoms with Crippen LogP contribution in [0.4, 0.5) is 0 Å². The lowest BCUT2D eigenvalue weighted by molar-refractivity contribution is -0.316. The van der Waals surface area contributed by atoms with Crippen LogP contribution in [0.1, 0.15) is 27.7 Å². The van der Waals surface area contributed by atoms with Crippen LogP contribution >= 0.6 is 0 Å². The molecule has 0 aromatic heterocycles. The first-order valence-electron chi connectivity index (χ1n) is 4.15. The van der Waals surface area contributed by atoms with Crippen molar-refractivity contribution in [3.05, 3.63) is 24.3 Å². The van der Waals surface area contributed by atoms with Gasteiger partial charge in [-0.2, -0.15) is 4.89 Å². The average Bonchev–Trinajstić information content (AvgIpc) is 2.00. The molecule has 13 heavy (non-hydrogen) atoms. The largest absolute Gasteiger partial charge is 0.365 e. The van der Waals surface area contributed by atoms with Gasteiger partial charge in [0.2, 0.25) is 0 Å². The lowest BCUT2D eigenvalue weighted by Crippen LogP contribution is -2.21. The van der Waals surface area contributed by atoms with Gasteiger partial charge in [-0.3, -0.25) is 4.89 Å². The third kappa shape index (κ3) is 8.82. The van der Waals surface area contributed by atoms with Gasteiger partial charge < -0.3 is 0 Å². The van der Waals surface area contributed by atoms with Crippen molar-refractivity contribution in [1.29, 1.82) is 0 Å². The molecule has 0 saturated carbocycles. The molecule has 0 bridgehead atoms. The highest BCUT2D eigenvalue weighted by Gasteiger charge is 2.13. The number of carbonyl (C=O) groups is 1. The Bertz CT molecular complexity index is 209. The number of hydrogen-bond acceptors (Lipinski definition) is 3. The Kier molecular flexibility index (Phi) is 5.07. The molecule has 0 aromatic rings. The van der Waals surface area contributed by atoms with E-state index >= 15 is 0 Å². The Morgan fingerprint density at radius 2 is 1.85 bits per heavy atom. The van der Waals surface area contributed by atoms with Crippen molar-refractivity contribution >= 4 is 5.97 Å². The zero-order chi connectivity index (χ0) is 10.3. The first-order valence-corrected chi connectivity index (χ1v) is 4.15. The molecule has 0 heterocycles. The Hall–Kier alpha value is -1.09. The molecule has 0 fully saturated rings. The monoisotopic (exact) mass is 184 g/mol. The van der Waals surface area contributed by atoms with E-state index in [0.29, 0.717) is 0 Å². The van der Waals surface area contributed by atoms with Crippen molar-refractivity contribution in [3.8, 4) is 0 Å². The zero-order valence-electron chi connectivity index (χ0n) is 8.53. The minimum Gasteiger partial charge on any atom is -0.293 e. The predicted octanol–water partition coefficient (Wildman–Crippen LogP) is 2.39. The van der Waals surface area contributed by atoms with E-state index in [1.165, 1.54) is 6.08 Å². The number of rotatable bonds is 3. The molecule has 0 rings (SSSR count). The summed E-state index contributed by atoms with van der Waals surface area (Å²) in [4.78, 5) is 20.2. The molecule has 0 aliphatic carbocycles. The van der Waals surface area contributed by atoms with Crippen molar-refractivity contribution < 1.29 is 14.6 Å². The lowest BCUT2D eigenvalue weighted by atomic mass is 10.2. The maximum absolute atomic E-state index is 10.9. The summed E-state index contributed by atoms with van der Waals surface area (Å²) in [6, 6.07) is 0. The maximum Gasteiger partial charge on any atom is 0.365 e. The van der Waals surface area contributed by atoms with E-state index in [0.717, 1.165) is 0 Å². The van der Waals surface area contributed by atoms with E-state index in [4.69, 9.17) is 4.89 Å². The molecule has 0 unspecified atom stereocenters. The molecule has 3 nitrogen and oxygen atoms in total. The molecule has 74 valence electrons. The molecule has 0 aliphatic heterocycles. The normalized spacial score (nSPS) is 12.6. The Morgan fingerprint density at radius 3 is 2.31 bits per heavy atom. The van der Waals surface area contributed by atoms with Gasteiger partial charge >= 0.3 is 5.97 Å². The molecule has 0 aliphatic rings. The summed E-state index contributed by atoms with van der Waals surface area (Å²) in [7, 11) is 0. The van der Waals surface area contributed by atoms with Gasteiger partial charge in [0.1, 0.15) is 5.60 Å². The van der Waals surface area contributed by atoms with Gasteiger partial charge in [-0.15, -0.1) is 0 Å². The predicted molar refractivity (Wildman–Crippen MR) is 50.9 cm³/mol. The van der Waals surface area contributed by atoms with Crippen LogP contribution in [0.5, 0.6) is 0 Å². The minimum atomic E-state index is -0.506. The summed E-state index contributed by atoms with van der Waals surface area (Å²) in [5.41, 5.74) is -0.468. The summed E-state index contributed by atoms with van der Waals surface area (Å²) >= 11 is 0. The van der Waals surface area contributed by atoms with E-state index in [-0.39, 0.29) is 0 Å². The molecule has 0 N–H and O–H groups in total. The highest BCUT2D eigenvalue weighted by molar-refractivity contribution is 5.81. The maximum atomic E-state index is 10.9. The topological polar surface area (TPSA) is 35.5 Å². The first kappa shape index (κ1) is 11.9. The molecule has 0 radical (unpaired) electrons. The first-order chi connectivity index (χ1) is 5.95. The van der Waals surface area contributed by atoms with Crippen LogP contribution in [0.3, 0.4) is 0 Å². The smallest absolute Gasteiger partial charge is 0.293 e. The average molecular weight is 184 g/mol. The Morgan fingerprint density at radius 1 is 1.23 bits per heavy atom. The van der Waals surface area contributed by atoms with Gasteiger partial charge in [0, 0.05) is 6.08 Å². The zero-order valence-corrected chi connectivity index (χ0v) is 8.53. The summed E-state index contributed by atoms with van der Waals surface area (Å²) in [5.74, 6) is -0.506. The molecule has 0 saturated heterocycles. The third-order valence-electron chi connectivity index (χ3n) is 0.910. The molecule has 3 heteroatoms. The van der Waals surface area contributed by atoms with Crippen LogP contribution in [0.15, 0.2) is 24.3 Å². The Balaban J connectivity index is 3.76. The van der Waals surface area contributed by atoms with Crippen LogP contribution < -0.4 is 0 Å². The number of carbonyl (C=O) groups excluding carboxylic acids is 1. The fourth-order valence-corrected chi connectivity index (χ4v) is 0.439. The highest BCUT2D eigenvalue weighted by Crippen LogP contribution is 2.06. The van der Waals surface area contributed by atoms with Crippen molar-refractivity contribution in [3.63, 3.8) is 0 Å². The minimum absolute atomic E-state index is 0.468. The number of allylic oxidation sites excluding steroid dienone is 3. The van der Waals surface area contributed by atoms with Crippen molar-refractivity contribution in [2.75, 3.05) is 0 Å². The SMILES string of the molecule is C/C=C/C=C/C(=O)OOC(C)(C)C. The quantitative estimate of drug-likeness (QED) is 0.292. The summed E-state index contributed by atoms with van der Waals surface area (Å²) in [5, 5.41) is 0. The molecule has 0 aromatic carbocycles. The molecule has 0 spiro atoms. The van der Waals surface area contributed by atoms with Crippen LogP contribution in [0.2, 0.25) is 0 Å². The molecular weight excluding hydrogens is 168 g/mol. The molecule has 0 atom stereocenters. The second-order valence-electron chi connectivity index (χ2n) is 3.48. The van der Waals surface area contributed by atoms with Crippen LogP contribution in [-0.4, -0.2) is 11.6 Å². The third-order valence-corrected chi connectivity index (χ3v) is 0.910. The van der Waals surface area contributed by atoms with Crippen molar-refractivity contribution in [1.82, 2.24) is 0 Å². The van der Waals surface area contributed by atoms with Gasteiger partial charge in [-0.05, 0) is 27.7 Å². The van der Waals surface area contributed by atoms with E-state index < -0.39 is 11.6 Å². The van der Waals surface area contributed by atoms with E-state index in [1.807, 2.05) is 13.0 Å². The fraction of sp³-hybridized carbons (Fsp3) is 0.500. The lowest BCUT2D eigenvalue weighted by Gasteiger charge is -2.15. The summed E-state index contributed by atoms with van der Waals surface area (Å²) in [6.45, 7) is 7.27. The van der Waals surface area contributed by atoms with Crippen LogP contribution in [0.25, 0.3) is 0 Å². The van der Waals surface area contributed by atoms with E-state index in [1.54, 1.807) is 32.9 Å². The Labute approximate surface area is 79.0 Å². The van der Waals surface area contributed by atoms with Crippen molar-refractivity contribution in [2.24, 2.45) is 0 Å². The highest BCUT2D eigenvalue weighted by atomic mass is 17.2. The van der Waals surface area contributed by atoms with Crippen LogP contribution in [-0.2, 0) is 14.6 Å². The molecular formula is C10H16O3. The number of hydrogen-bond donors (Lipinski definition) is 0. The summed E-state index contributed by atoms with van der Waals surface area (Å²) < 4.78 is 0. The van der Waals surface area contributed by atoms with E-state index in [2.05, 4.69) is 4.89 Å². The van der Waals surface area contributed by atoms with Crippen LogP contribution in [0, 0.1) is 0 Å². The second kappa shape index (κ2) is 5.54. The van der Waals surface area contributed by atoms with Gasteiger partial charge in [-0.25, -0.2) is 4.79 Å². The summed E-state index contributed by atoms with van der Waals surface area (Å²) in [6.07, 6.45) is 6.44. The standard InChI is InChI=1S/C10H16O3/c1-5-6-7-8-9(11)12-13-10(2,3)4/h5-8H,1-4H3/b6-5+,8-7+. The van der Waals surface area contributed by atoms with Gasteiger partial charge in [0.15, 0.2) is 0 Å². The second-order valence-corrected chi connectivity index (χ2v) is 3.48. The molecule has 0 amide bonds. The van der Waals surface area contributed by atoms with Crippen molar-refractivity contribution in [2.45, 2.75) is 33.3 Å².